The van der Waals surface area contributed by atoms with Gasteiger partial charge in [-0.15, -0.1) is 5.10 Å². The van der Waals surface area contributed by atoms with Gasteiger partial charge in [0.1, 0.15) is 0 Å². The Morgan fingerprint density at radius 1 is 1.38 bits per heavy atom. The monoisotopic (exact) mass is 181 g/mol. The first-order chi connectivity index (χ1) is 5.91. The predicted octanol–water partition coefficient (Wildman–Crippen LogP) is 2.23. The van der Waals surface area contributed by atoms with Gasteiger partial charge in [0.2, 0.25) is 0 Å². The molecule has 1 heterocycles. The fraction of sp³-hybridized carbons (Fsp3) is 0.800. The molecule has 0 amide bonds. The lowest BCUT2D eigenvalue weighted by atomic mass is 9.92. The van der Waals surface area contributed by atoms with E-state index in [4.69, 9.17) is 0 Å². The van der Waals surface area contributed by atoms with Crippen molar-refractivity contribution < 1.29 is 0 Å². The minimum Gasteiger partial charge on any atom is -0.249 e. The highest BCUT2D eigenvalue weighted by atomic mass is 15.4. The normalized spacial score (nSPS) is 12.5. The molecule has 0 aliphatic carbocycles. The smallest absolute Gasteiger partial charge is 0.0730 e. The first-order valence-corrected chi connectivity index (χ1v) is 4.80. The largest absolute Gasteiger partial charge is 0.249 e. The second kappa shape index (κ2) is 3.48. The molecule has 0 spiro atoms. The summed E-state index contributed by atoms with van der Waals surface area (Å²) in [5.41, 5.74) is 1.35. The van der Waals surface area contributed by atoms with Crippen molar-refractivity contribution in [2.24, 2.45) is 5.92 Å². The van der Waals surface area contributed by atoms with Crippen molar-refractivity contribution >= 4 is 0 Å². The van der Waals surface area contributed by atoms with Gasteiger partial charge in [0.25, 0.3) is 0 Å². The molecule has 1 aromatic heterocycles. The number of hydrogen-bond acceptors (Lipinski definition) is 2. The van der Waals surface area contributed by atoms with Crippen molar-refractivity contribution in [3.63, 3.8) is 0 Å². The van der Waals surface area contributed by atoms with Crippen LogP contribution in [0.1, 0.15) is 40.3 Å². The molecule has 0 aliphatic rings. The molecule has 0 saturated heterocycles. The van der Waals surface area contributed by atoms with Crippen molar-refractivity contribution in [3.8, 4) is 0 Å². The van der Waals surface area contributed by atoms with E-state index in [1.807, 2.05) is 10.9 Å². The minimum atomic E-state index is 0.137. The Bertz CT molecular complexity index is 268. The van der Waals surface area contributed by atoms with Crippen LogP contribution in [0.4, 0.5) is 0 Å². The highest BCUT2D eigenvalue weighted by molar-refractivity contribution is 5.07. The van der Waals surface area contributed by atoms with Crippen molar-refractivity contribution in [2.75, 3.05) is 0 Å². The maximum Gasteiger partial charge on any atom is 0.0730 e. The van der Waals surface area contributed by atoms with Crippen LogP contribution in [0.25, 0.3) is 0 Å². The average molecular weight is 181 g/mol. The Hall–Kier alpha value is -0.860. The van der Waals surface area contributed by atoms with Crippen LogP contribution in [-0.4, -0.2) is 15.0 Å². The van der Waals surface area contributed by atoms with Crippen molar-refractivity contribution in [3.05, 3.63) is 11.9 Å². The molecule has 0 radical (unpaired) electrons. The second-order valence-electron chi connectivity index (χ2n) is 4.95. The molecule has 3 nitrogen and oxygen atoms in total. The van der Waals surface area contributed by atoms with E-state index in [9.17, 15) is 0 Å². The number of hydrogen-bond donors (Lipinski definition) is 0. The quantitative estimate of drug-likeness (QED) is 0.700. The van der Waals surface area contributed by atoms with Crippen LogP contribution in [-0.2, 0) is 12.0 Å². The van der Waals surface area contributed by atoms with Gasteiger partial charge in [-0.05, 0) is 5.92 Å². The lowest BCUT2D eigenvalue weighted by Gasteiger charge is -2.19. The van der Waals surface area contributed by atoms with Gasteiger partial charge in [-0.3, -0.25) is 0 Å². The lowest BCUT2D eigenvalue weighted by Crippen LogP contribution is -2.20. The molecule has 1 aromatic rings. The fourth-order valence-electron chi connectivity index (χ4n) is 1.32. The molecule has 0 bridgehead atoms. The molecular formula is C10H19N3. The SMILES string of the molecule is CC(C)Cn1nncc1C(C)(C)C. The molecule has 74 valence electrons. The molecule has 0 saturated carbocycles. The summed E-state index contributed by atoms with van der Waals surface area (Å²) in [4.78, 5) is 0. The van der Waals surface area contributed by atoms with Crippen LogP contribution in [0.5, 0.6) is 0 Å². The molecule has 0 unspecified atom stereocenters. The Labute approximate surface area is 80.1 Å². The molecule has 3 heteroatoms. The summed E-state index contributed by atoms with van der Waals surface area (Å²) in [6.45, 7) is 11.9. The summed E-state index contributed by atoms with van der Waals surface area (Å²) >= 11 is 0. The molecule has 1 rings (SSSR count). The average Bonchev–Trinajstić information content (AvgIpc) is 2.31. The predicted molar refractivity (Wildman–Crippen MR) is 53.6 cm³/mol. The van der Waals surface area contributed by atoms with Gasteiger partial charge in [0.15, 0.2) is 0 Å². The third kappa shape index (κ3) is 2.54. The maximum atomic E-state index is 4.09. The lowest BCUT2D eigenvalue weighted by molar-refractivity contribution is 0.422. The summed E-state index contributed by atoms with van der Waals surface area (Å²) in [5.74, 6) is 0.614. The third-order valence-electron chi connectivity index (χ3n) is 1.92. The molecule has 0 fully saturated rings. The summed E-state index contributed by atoms with van der Waals surface area (Å²) in [6, 6.07) is 0. The van der Waals surface area contributed by atoms with Gasteiger partial charge in [-0.25, -0.2) is 4.68 Å². The van der Waals surface area contributed by atoms with E-state index < -0.39 is 0 Å². The fourth-order valence-corrected chi connectivity index (χ4v) is 1.32. The van der Waals surface area contributed by atoms with E-state index in [0.717, 1.165) is 6.54 Å². The van der Waals surface area contributed by atoms with Crippen LogP contribution in [0.3, 0.4) is 0 Å². The highest BCUT2D eigenvalue weighted by Crippen LogP contribution is 2.21. The standard InChI is InChI=1S/C10H19N3/c1-8(2)7-13-9(6-11-12-13)10(3,4)5/h6,8H,7H2,1-5H3. The third-order valence-corrected chi connectivity index (χ3v) is 1.92. The molecular weight excluding hydrogens is 162 g/mol. The van der Waals surface area contributed by atoms with Gasteiger partial charge < -0.3 is 0 Å². The van der Waals surface area contributed by atoms with Crippen LogP contribution in [0.2, 0.25) is 0 Å². The Balaban J connectivity index is 2.90. The summed E-state index contributed by atoms with van der Waals surface area (Å²) in [6.07, 6.45) is 1.86. The van der Waals surface area contributed by atoms with Gasteiger partial charge in [0.05, 0.1) is 11.9 Å². The Kier molecular flexibility index (Phi) is 2.74. The first kappa shape index (κ1) is 10.2. The summed E-state index contributed by atoms with van der Waals surface area (Å²) in [5, 5.41) is 8.04. The van der Waals surface area contributed by atoms with Gasteiger partial charge >= 0.3 is 0 Å². The van der Waals surface area contributed by atoms with Crippen molar-refractivity contribution in [1.29, 1.82) is 0 Å². The Morgan fingerprint density at radius 3 is 2.46 bits per heavy atom. The molecule has 0 N–H and O–H groups in total. The molecule has 0 aromatic carbocycles. The van der Waals surface area contributed by atoms with E-state index in [-0.39, 0.29) is 5.41 Å². The Morgan fingerprint density at radius 2 is 2.00 bits per heavy atom. The summed E-state index contributed by atoms with van der Waals surface area (Å²) < 4.78 is 2.00. The summed E-state index contributed by atoms with van der Waals surface area (Å²) in [7, 11) is 0. The van der Waals surface area contributed by atoms with Crippen LogP contribution < -0.4 is 0 Å². The molecule has 13 heavy (non-hydrogen) atoms. The topological polar surface area (TPSA) is 30.7 Å². The van der Waals surface area contributed by atoms with E-state index in [0.29, 0.717) is 5.92 Å². The molecule has 0 atom stereocenters. The first-order valence-electron chi connectivity index (χ1n) is 4.80. The zero-order chi connectivity index (χ0) is 10.1. The number of rotatable bonds is 2. The van der Waals surface area contributed by atoms with Crippen molar-refractivity contribution in [1.82, 2.24) is 15.0 Å². The number of nitrogens with zero attached hydrogens (tertiary/aromatic N) is 3. The van der Waals surface area contributed by atoms with Crippen LogP contribution in [0.15, 0.2) is 6.20 Å². The second-order valence-corrected chi connectivity index (χ2v) is 4.95. The van der Waals surface area contributed by atoms with Gasteiger partial charge in [-0.2, -0.15) is 0 Å². The maximum absolute atomic E-state index is 4.09. The van der Waals surface area contributed by atoms with Crippen molar-refractivity contribution in [2.45, 2.75) is 46.6 Å². The zero-order valence-corrected chi connectivity index (χ0v) is 9.20. The van der Waals surface area contributed by atoms with E-state index in [2.05, 4.69) is 44.9 Å². The number of aromatic nitrogens is 3. The zero-order valence-electron chi connectivity index (χ0n) is 9.20. The molecule has 0 aliphatic heterocycles. The van der Waals surface area contributed by atoms with Gasteiger partial charge in [0, 0.05) is 12.0 Å². The van der Waals surface area contributed by atoms with Gasteiger partial charge in [-0.1, -0.05) is 39.8 Å². The highest BCUT2D eigenvalue weighted by Gasteiger charge is 2.19. The van der Waals surface area contributed by atoms with E-state index >= 15 is 0 Å². The minimum absolute atomic E-state index is 0.137. The van der Waals surface area contributed by atoms with E-state index in [1.165, 1.54) is 5.69 Å². The van der Waals surface area contributed by atoms with Crippen LogP contribution >= 0.6 is 0 Å². The van der Waals surface area contributed by atoms with Crippen LogP contribution in [0, 0.1) is 5.92 Å². The van der Waals surface area contributed by atoms with E-state index in [1.54, 1.807) is 0 Å².